The van der Waals surface area contributed by atoms with Crippen LogP contribution in [0.25, 0.3) is 10.8 Å². The molecule has 2 aromatic rings. The molecule has 2 rings (SSSR count). The molecule has 1 unspecified atom stereocenters. The van der Waals surface area contributed by atoms with Crippen molar-refractivity contribution in [3.05, 3.63) is 46.4 Å². The summed E-state index contributed by atoms with van der Waals surface area (Å²) in [6.07, 6.45) is 1.84. The Kier molecular flexibility index (Phi) is 3.50. The summed E-state index contributed by atoms with van der Waals surface area (Å²) in [5.74, 6) is 0. The number of fused-ring (bicyclic) bond motifs is 1. The summed E-state index contributed by atoms with van der Waals surface area (Å²) in [5, 5.41) is 1.76. The highest BCUT2D eigenvalue weighted by Gasteiger charge is 2.15. The Labute approximate surface area is 114 Å². The van der Waals surface area contributed by atoms with E-state index in [1.807, 2.05) is 31.3 Å². The Bertz CT molecular complexity index is 650. The molecule has 1 heterocycles. The number of hydrogen-bond acceptors (Lipinski definition) is 2. The minimum absolute atomic E-state index is 0.0270. The van der Waals surface area contributed by atoms with Gasteiger partial charge in [0.15, 0.2) is 0 Å². The third kappa shape index (κ3) is 2.56. The first kappa shape index (κ1) is 13.8. The zero-order chi connectivity index (χ0) is 14.2. The summed E-state index contributed by atoms with van der Waals surface area (Å²) in [6, 6.07) is 8.10. The van der Waals surface area contributed by atoms with Crippen molar-refractivity contribution >= 4 is 10.8 Å². The number of rotatable bonds is 2. The second-order valence-corrected chi connectivity index (χ2v) is 6.16. The van der Waals surface area contributed by atoms with Gasteiger partial charge in [0.25, 0.3) is 5.56 Å². The number of pyridine rings is 1. The van der Waals surface area contributed by atoms with Crippen LogP contribution >= 0.6 is 0 Å². The second-order valence-electron chi connectivity index (χ2n) is 6.16. The number of benzene rings is 1. The normalized spacial score (nSPS) is 13.7. The number of aromatic nitrogens is 1. The van der Waals surface area contributed by atoms with Crippen molar-refractivity contribution in [3.8, 4) is 0 Å². The van der Waals surface area contributed by atoms with Gasteiger partial charge in [-0.15, -0.1) is 0 Å². The summed E-state index contributed by atoms with van der Waals surface area (Å²) >= 11 is 0. The third-order valence-corrected chi connectivity index (χ3v) is 3.61. The van der Waals surface area contributed by atoms with E-state index in [2.05, 4.69) is 26.8 Å². The molecular weight excluding hydrogens is 236 g/mol. The van der Waals surface area contributed by atoms with Crippen molar-refractivity contribution in [2.24, 2.45) is 5.73 Å². The molecular formula is C16H22N2O. The average Bonchev–Trinajstić information content (AvgIpc) is 2.37. The maximum atomic E-state index is 12.4. The summed E-state index contributed by atoms with van der Waals surface area (Å²) in [4.78, 5) is 12.4. The Hall–Kier alpha value is -1.61. The Morgan fingerprint density at radius 3 is 2.53 bits per heavy atom. The molecule has 0 saturated heterocycles. The van der Waals surface area contributed by atoms with E-state index in [0.29, 0.717) is 6.54 Å². The molecule has 19 heavy (non-hydrogen) atoms. The maximum absolute atomic E-state index is 12.4. The van der Waals surface area contributed by atoms with Gasteiger partial charge in [-0.05, 0) is 35.4 Å². The lowest BCUT2D eigenvalue weighted by atomic mass is 9.86. The van der Waals surface area contributed by atoms with Crippen molar-refractivity contribution in [2.45, 2.75) is 39.2 Å². The maximum Gasteiger partial charge on any atom is 0.258 e. The van der Waals surface area contributed by atoms with Gasteiger partial charge in [0.05, 0.1) is 0 Å². The molecule has 0 amide bonds. The largest absolute Gasteiger partial charge is 0.328 e. The molecule has 102 valence electrons. The highest BCUT2D eigenvalue weighted by molar-refractivity contribution is 5.82. The van der Waals surface area contributed by atoms with E-state index in [4.69, 9.17) is 5.73 Å². The first-order chi connectivity index (χ1) is 8.84. The fraction of sp³-hybridized carbons (Fsp3) is 0.438. The first-order valence-corrected chi connectivity index (χ1v) is 6.70. The minimum atomic E-state index is 0.0270. The zero-order valence-corrected chi connectivity index (χ0v) is 12.1. The standard InChI is InChI=1S/C16H22N2O/c1-11(10-17)18-8-7-12-9-13(16(2,3)4)5-6-14(12)15(18)19/h5-9,11H,10,17H2,1-4H3. The van der Waals surface area contributed by atoms with Crippen LogP contribution in [0.2, 0.25) is 0 Å². The molecule has 3 heteroatoms. The van der Waals surface area contributed by atoms with E-state index in [1.165, 1.54) is 5.56 Å². The van der Waals surface area contributed by atoms with Crippen LogP contribution in [0.5, 0.6) is 0 Å². The molecule has 0 aliphatic heterocycles. The van der Waals surface area contributed by atoms with Crippen LogP contribution in [0, 0.1) is 0 Å². The molecule has 3 nitrogen and oxygen atoms in total. The topological polar surface area (TPSA) is 48.0 Å². The number of hydrogen-bond donors (Lipinski definition) is 1. The highest BCUT2D eigenvalue weighted by Crippen LogP contribution is 2.25. The van der Waals surface area contributed by atoms with Gasteiger partial charge in [0.1, 0.15) is 0 Å². The molecule has 0 aliphatic rings. The van der Waals surface area contributed by atoms with Gasteiger partial charge in [-0.25, -0.2) is 0 Å². The second kappa shape index (κ2) is 4.82. The zero-order valence-electron chi connectivity index (χ0n) is 12.1. The molecule has 1 atom stereocenters. The van der Waals surface area contributed by atoms with E-state index in [9.17, 15) is 4.79 Å². The summed E-state index contributed by atoms with van der Waals surface area (Å²) in [5.41, 5.74) is 7.01. The fourth-order valence-electron chi connectivity index (χ4n) is 2.19. The van der Waals surface area contributed by atoms with Gasteiger partial charge >= 0.3 is 0 Å². The molecule has 1 aromatic heterocycles. The number of nitrogens with zero attached hydrogens (tertiary/aromatic N) is 1. The van der Waals surface area contributed by atoms with Crippen LogP contribution in [-0.4, -0.2) is 11.1 Å². The molecule has 0 bridgehead atoms. The van der Waals surface area contributed by atoms with Crippen LogP contribution in [0.1, 0.15) is 39.3 Å². The van der Waals surface area contributed by atoms with E-state index >= 15 is 0 Å². The molecule has 0 fully saturated rings. The predicted octanol–water partition coefficient (Wildman–Crippen LogP) is 2.82. The Morgan fingerprint density at radius 1 is 1.26 bits per heavy atom. The molecule has 0 radical (unpaired) electrons. The van der Waals surface area contributed by atoms with Crippen molar-refractivity contribution in [3.63, 3.8) is 0 Å². The van der Waals surface area contributed by atoms with Gasteiger partial charge in [0, 0.05) is 24.2 Å². The highest BCUT2D eigenvalue weighted by atomic mass is 16.1. The lowest BCUT2D eigenvalue weighted by molar-refractivity contribution is 0.543. The van der Waals surface area contributed by atoms with Crippen molar-refractivity contribution < 1.29 is 0 Å². The van der Waals surface area contributed by atoms with E-state index < -0.39 is 0 Å². The molecule has 0 aliphatic carbocycles. The van der Waals surface area contributed by atoms with E-state index in [-0.39, 0.29) is 17.0 Å². The fourth-order valence-corrected chi connectivity index (χ4v) is 2.19. The van der Waals surface area contributed by atoms with Crippen LogP contribution < -0.4 is 11.3 Å². The number of nitrogens with two attached hydrogens (primary N) is 1. The quantitative estimate of drug-likeness (QED) is 0.900. The van der Waals surface area contributed by atoms with Gasteiger partial charge in [-0.2, -0.15) is 0 Å². The summed E-state index contributed by atoms with van der Waals surface area (Å²) < 4.78 is 1.71. The minimum Gasteiger partial charge on any atom is -0.328 e. The molecule has 0 saturated carbocycles. The third-order valence-electron chi connectivity index (χ3n) is 3.61. The van der Waals surface area contributed by atoms with Gasteiger partial charge in [-0.3, -0.25) is 4.79 Å². The predicted molar refractivity (Wildman–Crippen MR) is 80.7 cm³/mol. The molecule has 1 aromatic carbocycles. The Morgan fingerprint density at radius 2 is 1.95 bits per heavy atom. The average molecular weight is 258 g/mol. The van der Waals surface area contributed by atoms with Crippen molar-refractivity contribution in [1.82, 2.24) is 4.57 Å². The molecule has 0 spiro atoms. The van der Waals surface area contributed by atoms with Gasteiger partial charge in [0.2, 0.25) is 0 Å². The van der Waals surface area contributed by atoms with E-state index in [1.54, 1.807) is 4.57 Å². The van der Waals surface area contributed by atoms with Crippen LogP contribution in [0.15, 0.2) is 35.3 Å². The SMILES string of the molecule is CC(CN)n1ccc2cc(C(C)(C)C)ccc2c1=O. The van der Waals surface area contributed by atoms with Crippen LogP contribution in [-0.2, 0) is 5.41 Å². The summed E-state index contributed by atoms with van der Waals surface area (Å²) in [7, 11) is 0. The lowest BCUT2D eigenvalue weighted by Gasteiger charge is -2.20. The van der Waals surface area contributed by atoms with Crippen molar-refractivity contribution in [1.29, 1.82) is 0 Å². The smallest absolute Gasteiger partial charge is 0.258 e. The first-order valence-electron chi connectivity index (χ1n) is 6.70. The lowest BCUT2D eigenvalue weighted by Crippen LogP contribution is -2.27. The Balaban J connectivity index is 2.64. The molecule has 2 N–H and O–H groups in total. The van der Waals surface area contributed by atoms with Crippen LogP contribution in [0.4, 0.5) is 0 Å². The summed E-state index contributed by atoms with van der Waals surface area (Å²) in [6.45, 7) is 8.94. The van der Waals surface area contributed by atoms with Gasteiger partial charge < -0.3 is 10.3 Å². The van der Waals surface area contributed by atoms with Crippen molar-refractivity contribution in [2.75, 3.05) is 6.54 Å². The van der Waals surface area contributed by atoms with E-state index in [0.717, 1.165) is 10.8 Å². The van der Waals surface area contributed by atoms with Crippen LogP contribution in [0.3, 0.4) is 0 Å². The monoisotopic (exact) mass is 258 g/mol. The van der Waals surface area contributed by atoms with Gasteiger partial charge in [-0.1, -0.05) is 32.9 Å².